The van der Waals surface area contributed by atoms with E-state index in [2.05, 4.69) is 41.5 Å². The minimum Gasteiger partial charge on any atom is -0.481 e. The quantitative estimate of drug-likeness (QED) is 0.348. The Hall–Kier alpha value is -2.18. The van der Waals surface area contributed by atoms with Gasteiger partial charge in [0.05, 0.1) is 18.3 Å². The summed E-state index contributed by atoms with van der Waals surface area (Å²) >= 11 is 0. The smallest absolute Gasteiger partial charge is 0.309 e. The molecule has 4 saturated carbocycles. The zero-order valence-electron chi connectivity index (χ0n) is 26.1. The van der Waals surface area contributed by atoms with Crippen LogP contribution < -0.4 is 0 Å². The van der Waals surface area contributed by atoms with E-state index in [9.17, 15) is 24.3 Å². The molecule has 0 bridgehead atoms. The Morgan fingerprint density at radius 2 is 1.54 bits per heavy atom. The molecule has 5 rings (SSSR count). The van der Waals surface area contributed by atoms with Gasteiger partial charge in [0.15, 0.2) is 5.78 Å². The molecule has 7 heteroatoms. The summed E-state index contributed by atoms with van der Waals surface area (Å²) in [6.45, 7) is 15.5. The largest absolute Gasteiger partial charge is 0.481 e. The average Bonchev–Trinajstić information content (AvgIpc) is 2.86. The van der Waals surface area contributed by atoms with E-state index in [1.165, 1.54) is 5.57 Å². The van der Waals surface area contributed by atoms with Crippen molar-refractivity contribution in [3.8, 4) is 0 Å². The molecule has 228 valence electrons. The maximum absolute atomic E-state index is 14.5. The van der Waals surface area contributed by atoms with Crippen LogP contribution in [0.3, 0.4) is 0 Å². The Labute approximate surface area is 244 Å². The van der Waals surface area contributed by atoms with Gasteiger partial charge < -0.3 is 14.9 Å². The van der Waals surface area contributed by atoms with E-state index < -0.39 is 23.3 Å². The minimum absolute atomic E-state index is 0.0233. The van der Waals surface area contributed by atoms with Crippen molar-refractivity contribution >= 4 is 23.7 Å². The number of ether oxygens (including phenoxy) is 1. The highest BCUT2D eigenvalue weighted by Gasteiger charge is 2.70. The third-order valence-electron chi connectivity index (χ3n) is 13.8. The van der Waals surface area contributed by atoms with Gasteiger partial charge >= 0.3 is 17.9 Å². The molecule has 0 saturated heterocycles. The van der Waals surface area contributed by atoms with Gasteiger partial charge in [-0.1, -0.05) is 47.1 Å². The van der Waals surface area contributed by atoms with Crippen molar-refractivity contribution in [2.45, 2.75) is 125 Å². The maximum atomic E-state index is 14.5. The zero-order valence-corrected chi connectivity index (χ0v) is 26.1. The van der Waals surface area contributed by atoms with Crippen molar-refractivity contribution in [2.24, 2.45) is 50.2 Å². The van der Waals surface area contributed by atoms with E-state index >= 15 is 0 Å². The van der Waals surface area contributed by atoms with E-state index in [1.807, 2.05) is 13.0 Å². The van der Waals surface area contributed by atoms with Gasteiger partial charge in [-0.2, -0.15) is 0 Å². The predicted octanol–water partition coefficient (Wildman–Crippen LogP) is 6.83. The highest BCUT2D eigenvalue weighted by molar-refractivity contribution is 5.95. The number of esters is 1. The molecule has 0 spiro atoms. The molecule has 41 heavy (non-hydrogen) atoms. The molecule has 0 aromatic carbocycles. The number of aliphatic carboxylic acids is 2. The number of allylic oxidation sites excluding steroid dienone is 2. The molecule has 0 heterocycles. The molecule has 0 aromatic rings. The van der Waals surface area contributed by atoms with Gasteiger partial charge in [0, 0.05) is 11.3 Å². The molecule has 7 nitrogen and oxygen atoms in total. The van der Waals surface area contributed by atoms with Crippen LogP contribution >= 0.6 is 0 Å². The number of carboxylic acid groups (broad SMARTS) is 2. The Kier molecular flexibility index (Phi) is 6.95. The molecule has 0 aliphatic heterocycles. The standard InChI is InChI=1S/C34H50O7/c1-29(2)23-10-13-34(7)27(32(23,5)12-11-24(29)41-26(38)9-8-25(36)37)22(35)18-20-21-19-31(4,28(39)40)15-14-30(21,3)16-17-33(20,34)6/h18,21,23-24,27H,8-17,19H2,1-7H3,(H,36,37)(H,39,40)/t21-,23?,24+,27-,30-,31+,32+,33-,34-/m1/s1. The van der Waals surface area contributed by atoms with Crippen molar-refractivity contribution in [1.82, 2.24) is 0 Å². The van der Waals surface area contributed by atoms with E-state index in [0.29, 0.717) is 19.3 Å². The lowest BCUT2D eigenvalue weighted by Gasteiger charge is -2.70. The van der Waals surface area contributed by atoms with E-state index in [-0.39, 0.29) is 69.6 Å². The molecule has 0 radical (unpaired) electrons. The summed E-state index contributed by atoms with van der Waals surface area (Å²) in [7, 11) is 0. The van der Waals surface area contributed by atoms with Crippen molar-refractivity contribution < 1.29 is 34.1 Å². The first-order valence-corrected chi connectivity index (χ1v) is 15.7. The molecular formula is C34H50O7. The fourth-order valence-electron chi connectivity index (χ4n) is 11.0. The number of carbonyl (C=O) groups excluding carboxylic acids is 2. The summed E-state index contributed by atoms with van der Waals surface area (Å²) in [6.07, 6.45) is 8.80. The van der Waals surface area contributed by atoms with Crippen molar-refractivity contribution in [1.29, 1.82) is 0 Å². The Morgan fingerprint density at radius 3 is 2.17 bits per heavy atom. The number of ketones is 1. The Morgan fingerprint density at radius 1 is 0.878 bits per heavy atom. The van der Waals surface area contributed by atoms with Gasteiger partial charge in [-0.3, -0.25) is 19.2 Å². The summed E-state index contributed by atoms with van der Waals surface area (Å²) < 4.78 is 5.91. The van der Waals surface area contributed by atoms with Gasteiger partial charge in [-0.25, -0.2) is 0 Å². The Balaban J connectivity index is 1.49. The predicted molar refractivity (Wildman–Crippen MR) is 154 cm³/mol. The maximum Gasteiger partial charge on any atom is 0.309 e. The van der Waals surface area contributed by atoms with Crippen LogP contribution in [0.4, 0.5) is 0 Å². The first kappa shape index (κ1) is 30.3. The molecule has 0 aromatic heterocycles. The lowest BCUT2D eigenvalue weighted by atomic mass is 9.33. The summed E-state index contributed by atoms with van der Waals surface area (Å²) in [5.41, 5.74) is -0.553. The molecule has 4 fully saturated rings. The van der Waals surface area contributed by atoms with Gasteiger partial charge in [-0.05, 0) is 104 Å². The van der Waals surface area contributed by atoms with Crippen LogP contribution in [0, 0.1) is 50.2 Å². The van der Waals surface area contributed by atoms with E-state index in [1.54, 1.807) is 0 Å². The summed E-state index contributed by atoms with van der Waals surface area (Å²) in [5.74, 6) is -1.87. The van der Waals surface area contributed by atoms with Crippen LogP contribution in [0.25, 0.3) is 0 Å². The minimum atomic E-state index is -1.01. The van der Waals surface area contributed by atoms with Crippen LogP contribution in [0.5, 0.6) is 0 Å². The molecule has 9 atom stereocenters. The van der Waals surface area contributed by atoms with Gasteiger partial charge in [0.1, 0.15) is 6.10 Å². The SMILES string of the molecule is CC1(C)C2CC[C@]3(C)[C@H](C(=O)C=C4[C@H]5C[C@@](C)(C(=O)O)CC[C@]5(C)CC[C@]43C)[C@@]2(C)CC[C@@H]1OC(=O)CCC(=O)O. The second-order valence-electron chi connectivity index (χ2n) is 16.3. The molecule has 2 N–H and O–H groups in total. The van der Waals surface area contributed by atoms with Crippen molar-refractivity contribution in [3.05, 3.63) is 11.6 Å². The highest BCUT2D eigenvalue weighted by Crippen LogP contribution is 2.75. The molecule has 1 unspecified atom stereocenters. The molecular weight excluding hydrogens is 520 g/mol. The van der Waals surface area contributed by atoms with Crippen molar-refractivity contribution in [3.63, 3.8) is 0 Å². The summed E-state index contributed by atoms with van der Waals surface area (Å²) in [4.78, 5) is 50.3. The van der Waals surface area contributed by atoms with Crippen LogP contribution in [0.1, 0.15) is 119 Å². The van der Waals surface area contributed by atoms with Crippen LogP contribution in [0.2, 0.25) is 0 Å². The average molecular weight is 571 g/mol. The normalized spacial score (nSPS) is 46.6. The van der Waals surface area contributed by atoms with Gasteiger partial charge in [0.2, 0.25) is 0 Å². The lowest BCUT2D eigenvalue weighted by molar-refractivity contribution is -0.211. The number of carboxylic acids is 2. The van der Waals surface area contributed by atoms with Gasteiger partial charge in [-0.15, -0.1) is 0 Å². The third kappa shape index (κ3) is 4.25. The Bertz CT molecular complexity index is 1200. The molecule has 5 aliphatic rings. The first-order valence-electron chi connectivity index (χ1n) is 15.7. The zero-order chi connectivity index (χ0) is 30.4. The second kappa shape index (κ2) is 9.41. The number of fused-ring (bicyclic) bond motifs is 7. The lowest BCUT2D eigenvalue weighted by Crippen LogP contribution is -2.66. The molecule has 0 amide bonds. The summed E-state index contributed by atoms with van der Waals surface area (Å²) in [5, 5.41) is 19.1. The third-order valence-corrected chi connectivity index (χ3v) is 13.8. The number of hydrogen-bond donors (Lipinski definition) is 2. The highest BCUT2D eigenvalue weighted by atomic mass is 16.5. The first-order chi connectivity index (χ1) is 18.8. The monoisotopic (exact) mass is 570 g/mol. The van der Waals surface area contributed by atoms with Crippen LogP contribution in [-0.4, -0.2) is 40.0 Å². The van der Waals surface area contributed by atoms with E-state index in [0.717, 1.165) is 38.5 Å². The summed E-state index contributed by atoms with van der Waals surface area (Å²) in [6, 6.07) is 0. The molecule has 5 aliphatic carbocycles. The number of carbonyl (C=O) groups is 4. The van der Waals surface area contributed by atoms with Crippen molar-refractivity contribution in [2.75, 3.05) is 0 Å². The van der Waals surface area contributed by atoms with Crippen LogP contribution in [0.15, 0.2) is 11.6 Å². The number of hydrogen-bond acceptors (Lipinski definition) is 5. The topological polar surface area (TPSA) is 118 Å². The fourth-order valence-corrected chi connectivity index (χ4v) is 11.0. The second-order valence-corrected chi connectivity index (χ2v) is 16.3. The fraction of sp³-hybridized carbons (Fsp3) is 0.824. The number of rotatable bonds is 5. The van der Waals surface area contributed by atoms with Gasteiger partial charge in [0.25, 0.3) is 0 Å². The van der Waals surface area contributed by atoms with Crippen LogP contribution in [-0.2, 0) is 23.9 Å². The van der Waals surface area contributed by atoms with E-state index in [4.69, 9.17) is 9.84 Å².